The second kappa shape index (κ2) is 7.29. The molecule has 1 unspecified atom stereocenters. The molecule has 0 radical (unpaired) electrons. The molecule has 2 saturated heterocycles. The van der Waals surface area contributed by atoms with Crippen molar-refractivity contribution in [1.82, 2.24) is 4.90 Å². The number of aryl methyl sites for hydroxylation is 1. The first kappa shape index (κ1) is 19.6. The summed E-state index contributed by atoms with van der Waals surface area (Å²) in [5.74, 6) is 1.28. The van der Waals surface area contributed by atoms with Gasteiger partial charge in [0.25, 0.3) is 0 Å². The number of nitrogens with zero attached hydrogens (tertiary/aromatic N) is 3. The van der Waals surface area contributed by atoms with Crippen molar-refractivity contribution in [2.75, 3.05) is 18.0 Å². The fraction of sp³-hybridized carbons (Fsp3) is 0.667. The van der Waals surface area contributed by atoms with E-state index in [1.54, 1.807) is 0 Å². The smallest absolute Gasteiger partial charge is 0.240 e. The summed E-state index contributed by atoms with van der Waals surface area (Å²) in [6, 6.07) is 8.52. The van der Waals surface area contributed by atoms with Crippen LogP contribution in [0.1, 0.15) is 71.3 Å². The molecule has 0 aromatic heterocycles. The first-order valence-electron chi connectivity index (χ1n) is 11.1. The topological polar surface area (TPSA) is 35.9 Å². The Balaban J connectivity index is 1.87. The summed E-state index contributed by atoms with van der Waals surface area (Å²) in [6.45, 7) is 10.7. The number of anilines is 1. The van der Waals surface area contributed by atoms with E-state index in [4.69, 9.17) is 4.99 Å². The molecular formula is C24H35N3O. The molecule has 4 rings (SSSR count). The highest BCUT2D eigenvalue weighted by atomic mass is 16.2. The van der Waals surface area contributed by atoms with Crippen LogP contribution in [-0.2, 0) is 4.79 Å². The zero-order chi connectivity index (χ0) is 19.9. The number of carbonyl (C=O) groups excluding carboxylic acids is 1. The van der Waals surface area contributed by atoms with Gasteiger partial charge in [0.05, 0.1) is 22.7 Å². The van der Waals surface area contributed by atoms with Gasteiger partial charge in [-0.2, -0.15) is 0 Å². The number of hydrogen-bond acceptors (Lipinski definition) is 3. The number of rotatable bonds is 2. The molecule has 2 heterocycles. The lowest BCUT2D eigenvalue weighted by molar-refractivity contribution is -0.129. The molecule has 1 atom stereocenters. The fourth-order valence-corrected chi connectivity index (χ4v) is 5.39. The minimum Gasteiger partial charge on any atom is -0.293 e. The quantitative estimate of drug-likeness (QED) is 0.726. The average Bonchev–Trinajstić information content (AvgIpc) is 3.23. The van der Waals surface area contributed by atoms with E-state index in [-0.39, 0.29) is 22.9 Å². The van der Waals surface area contributed by atoms with Crippen molar-refractivity contribution in [2.45, 2.75) is 84.2 Å². The van der Waals surface area contributed by atoms with Crippen molar-refractivity contribution in [3.05, 3.63) is 29.8 Å². The molecule has 1 spiro atoms. The maximum atomic E-state index is 14.0. The molecule has 1 aliphatic carbocycles. The first-order valence-corrected chi connectivity index (χ1v) is 11.1. The Labute approximate surface area is 170 Å². The van der Waals surface area contributed by atoms with Gasteiger partial charge in [0.15, 0.2) is 0 Å². The van der Waals surface area contributed by atoms with E-state index in [0.717, 1.165) is 50.3 Å². The minimum absolute atomic E-state index is 0.128. The van der Waals surface area contributed by atoms with Crippen molar-refractivity contribution >= 4 is 17.4 Å². The summed E-state index contributed by atoms with van der Waals surface area (Å²) < 4.78 is 0. The SMILES string of the molecule is Cc1ccc(N2C(=O)C3(CCCCC3)C(N3CCCC3)C2=NC(C)(C)C)cc1. The standard InChI is InChI=1S/C24H35N3O/c1-18-10-12-19(13-11-18)27-21(25-23(2,3)4)20(26-16-8-9-17-26)24(22(27)28)14-6-5-7-15-24/h10-13,20H,5-9,14-17H2,1-4H3. The van der Waals surface area contributed by atoms with Crippen LogP contribution in [0, 0.1) is 12.3 Å². The molecule has 4 nitrogen and oxygen atoms in total. The van der Waals surface area contributed by atoms with Crippen molar-refractivity contribution < 1.29 is 4.79 Å². The normalized spacial score (nSPS) is 27.3. The van der Waals surface area contributed by atoms with Crippen LogP contribution in [0.4, 0.5) is 5.69 Å². The summed E-state index contributed by atoms with van der Waals surface area (Å²) in [5.41, 5.74) is 1.69. The monoisotopic (exact) mass is 381 g/mol. The third-order valence-electron chi connectivity index (χ3n) is 6.62. The highest BCUT2D eigenvalue weighted by molar-refractivity contribution is 6.27. The number of carbonyl (C=O) groups is 1. The Kier molecular flexibility index (Phi) is 5.11. The van der Waals surface area contributed by atoms with E-state index in [0.29, 0.717) is 0 Å². The highest BCUT2D eigenvalue weighted by Gasteiger charge is 2.60. The number of amidine groups is 1. The van der Waals surface area contributed by atoms with Crippen molar-refractivity contribution in [3.8, 4) is 0 Å². The van der Waals surface area contributed by atoms with Gasteiger partial charge in [-0.05, 0) is 78.6 Å². The van der Waals surface area contributed by atoms with E-state index in [1.807, 2.05) is 4.90 Å². The van der Waals surface area contributed by atoms with E-state index < -0.39 is 0 Å². The average molecular weight is 382 g/mol. The van der Waals surface area contributed by atoms with Crippen LogP contribution in [0.25, 0.3) is 0 Å². The van der Waals surface area contributed by atoms with Gasteiger partial charge in [-0.25, -0.2) is 0 Å². The van der Waals surface area contributed by atoms with Gasteiger partial charge in [-0.1, -0.05) is 37.0 Å². The molecule has 3 fully saturated rings. The van der Waals surface area contributed by atoms with Gasteiger partial charge in [0, 0.05) is 0 Å². The lowest BCUT2D eigenvalue weighted by Gasteiger charge is -2.40. The zero-order valence-corrected chi connectivity index (χ0v) is 18.0. The summed E-state index contributed by atoms with van der Waals surface area (Å²) >= 11 is 0. The van der Waals surface area contributed by atoms with E-state index >= 15 is 0 Å². The molecule has 1 aromatic carbocycles. The third kappa shape index (κ3) is 3.41. The lowest BCUT2D eigenvalue weighted by atomic mass is 9.69. The van der Waals surface area contributed by atoms with Gasteiger partial charge >= 0.3 is 0 Å². The Morgan fingerprint density at radius 1 is 0.964 bits per heavy atom. The maximum absolute atomic E-state index is 14.0. The van der Waals surface area contributed by atoms with E-state index in [1.165, 1.54) is 24.8 Å². The van der Waals surface area contributed by atoms with Gasteiger partial charge in [0.2, 0.25) is 5.91 Å². The maximum Gasteiger partial charge on any atom is 0.240 e. The van der Waals surface area contributed by atoms with Gasteiger partial charge in [-0.15, -0.1) is 0 Å². The molecule has 0 N–H and O–H groups in total. The van der Waals surface area contributed by atoms with Crippen LogP contribution in [0.2, 0.25) is 0 Å². The van der Waals surface area contributed by atoms with Crippen LogP contribution >= 0.6 is 0 Å². The molecule has 1 saturated carbocycles. The predicted octanol–water partition coefficient (Wildman–Crippen LogP) is 4.95. The molecule has 3 aliphatic rings. The van der Waals surface area contributed by atoms with Crippen LogP contribution in [0.3, 0.4) is 0 Å². The first-order chi connectivity index (χ1) is 13.3. The molecule has 28 heavy (non-hydrogen) atoms. The molecule has 1 amide bonds. The third-order valence-corrected chi connectivity index (χ3v) is 6.62. The Morgan fingerprint density at radius 2 is 1.57 bits per heavy atom. The highest BCUT2D eigenvalue weighted by Crippen LogP contribution is 2.50. The molecule has 0 bridgehead atoms. The Morgan fingerprint density at radius 3 is 2.14 bits per heavy atom. The number of benzene rings is 1. The summed E-state index contributed by atoms with van der Waals surface area (Å²) in [5, 5.41) is 0. The molecule has 4 heteroatoms. The second-order valence-corrected chi connectivity index (χ2v) is 9.98. The lowest BCUT2D eigenvalue weighted by Crippen LogP contribution is -2.50. The largest absolute Gasteiger partial charge is 0.293 e. The van der Waals surface area contributed by atoms with Crippen molar-refractivity contribution in [1.29, 1.82) is 0 Å². The fourth-order valence-electron chi connectivity index (χ4n) is 5.39. The van der Waals surface area contributed by atoms with Crippen LogP contribution in [0.5, 0.6) is 0 Å². The Hall–Kier alpha value is -1.68. The van der Waals surface area contributed by atoms with Crippen LogP contribution in [-0.4, -0.2) is 41.3 Å². The van der Waals surface area contributed by atoms with Crippen LogP contribution in [0.15, 0.2) is 29.3 Å². The zero-order valence-electron chi connectivity index (χ0n) is 18.0. The number of hydrogen-bond donors (Lipinski definition) is 0. The van der Waals surface area contributed by atoms with Crippen molar-refractivity contribution in [3.63, 3.8) is 0 Å². The second-order valence-electron chi connectivity index (χ2n) is 9.98. The van der Waals surface area contributed by atoms with Crippen molar-refractivity contribution in [2.24, 2.45) is 10.4 Å². The Bertz CT molecular complexity index is 747. The number of aliphatic imine (C=N–C) groups is 1. The molecule has 2 aliphatic heterocycles. The van der Waals surface area contributed by atoms with Gasteiger partial charge in [-0.3, -0.25) is 19.6 Å². The molecule has 152 valence electrons. The van der Waals surface area contributed by atoms with Gasteiger partial charge in [0.1, 0.15) is 5.84 Å². The number of amides is 1. The van der Waals surface area contributed by atoms with E-state index in [9.17, 15) is 4.79 Å². The molecular weight excluding hydrogens is 346 g/mol. The van der Waals surface area contributed by atoms with Crippen LogP contribution < -0.4 is 4.90 Å². The van der Waals surface area contributed by atoms with Gasteiger partial charge < -0.3 is 0 Å². The predicted molar refractivity (Wildman–Crippen MR) is 116 cm³/mol. The summed E-state index contributed by atoms with van der Waals surface area (Å²) in [6.07, 6.45) is 8.01. The number of likely N-dealkylation sites (tertiary alicyclic amines) is 1. The summed E-state index contributed by atoms with van der Waals surface area (Å²) in [4.78, 5) is 23.8. The van der Waals surface area contributed by atoms with E-state index in [2.05, 4.69) is 56.9 Å². The minimum atomic E-state index is -0.294. The molecule has 1 aromatic rings. The summed E-state index contributed by atoms with van der Waals surface area (Å²) in [7, 11) is 0.